The van der Waals surface area contributed by atoms with Gasteiger partial charge in [0.25, 0.3) is 0 Å². The second kappa shape index (κ2) is 64.0. The van der Waals surface area contributed by atoms with Crippen LogP contribution in [0.5, 0.6) is 11.5 Å². The molecule has 10 atom stereocenters. The third-order valence-corrected chi connectivity index (χ3v) is 21.7. The maximum absolute atomic E-state index is 13.8. The van der Waals surface area contributed by atoms with Crippen LogP contribution >= 0.6 is 15.6 Å². The molecular weight excluding hydrogens is 1790 g/mol. The molecule has 4 aliphatic rings. The van der Waals surface area contributed by atoms with Gasteiger partial charge in [-0.2, -0.15) is 0 Å². The fourth-order valence-corrected chi connectivity index (χ4v) is 14.6. The van der Waals surface area contributed by atoms with Crippen molar-refractivity contribution in [3.8, 4) is 11.5 Å². The van der Waals surface area contributed by atoms with Crippen molar-refractivity contribution in [3.05, 3.63) is 95.1 Å². The fourth-order valence-electron chi connectivity index (χ4n) is 13.1. The van der Waals surface area contributed by atoms with Gasteiger partial charge in [-0.15, -0.1) is 0 Å². The van der Waals surface area contributed by atoms with Crippen molar-refractivity contribution < 1.29 is 157 Å². The molecule has 133 heavy (non-hydrogen) atoms. The minimum atomic E-state index is -4.65. The highest BCUT2D eigenvalue weighted by Gasteiger charge is 2.39. The largest absolute Gasteiger partial charge is 0.494 e. The summed E-state index contributed by atoms with van der Waals surface area (Å²) in [5.41, 5.74) is 6.30. The predicted molar refractivity (Wildman–Crippen MR) is 473 cm³/mol. The Kier molecular flexibility index (Phi) is 55.1. The molecule has 4 bridgehead atoms. The molecule has 15 N–H and O–H groups in total. The van der Waals surface area contributed by atoms with Crippen LogP contribution in [0.25, 0.3) is 0 Å². The van der Waals surface area contributed by atoms with Crippen LogP contribution in [0.2, 0.25) is 0 Å². The maximum Gasteiger partial charge on any atom is 0.472 e. The van der Waals surface area contributed by atoms with Crippen LogP contribution in [0.1, 0.15) is 187 Å². The molecule has 0 saturated carbocycles. The normalized spacial score (nSPS) is 17.6. The zero-order chi connectivity index (χ0) is 98.1. The number of esters is 4. The third kappa shape index (κ3) is 49.6. The minimum Gasteiger partial charge on any atom is -0.494 e. The second-order valence-corrected chi connectivity index (χ2v) is 34.8. The summed E-state index contributed by atoms with van der Waals surface area (Å²) in [5.74, 6) is -9.53. The summed E-state index contributed by atoms with van der Waals surface area (Å²) < 4.78 is 86.2. The molecule has 0 radical (unpaired) electrons. The molecule has 7 rings (SSSR count). The van der Waals surface area contributed by atoms with Crippen molar-refractivity contribution in [2.24, 2.45) is 35.5 Å². The highest BCUT2D eigenvalue weighted by molar-refractivity contribution is 7.47. The van der Waals surface area contributed by atoms with E-state index in [1.807, 2.05) is 39.8 Å². The van der Waals surface area contributed by atoms with E-state index in [1.54, 1.807) is 99.3 Å². The molecule has 0 spiro atoms. The highest BCUT2D eigenvalue weighted by atomic mass is 31.2. The van der Waals surface area contributed by atoms with E-state index in [0.29, 0.717) is 80.6 Å². The van der Waals surface area contributed by atoms with Gasteiger partial charge in [-0.3, -0.25) is 90.8 Å². The number of hydroxylamine groups is 2. The monoisotopic (exact) mass is 1920 g/mol. The molecule has 11 amide bonds. The van der Waals surface area contributed by atoms with Crippen molar-refractivity contribution in [2.75, 3.05) is 98.8 Å². The Morgan fingerprint density at radius 3 is 1.20 bits per heavy atom. The number of phosphoric ester groups is 2. The molecule has 0 aromatic heterocycles. The van der Waals surface area contributed by atoms with E-state index in [-0.39, 0.29) is 155 Å². The number of carbonyl (C=O) groups excluding carboxylic acids is 15. The average molecular weight is 1920 g/mol. The first-order valence-corrected chi connectivity index (χ1v) is 47.6. The number of nitrogens with one attached hydrogen (secondary N) is 11. The molecule has 0 fully saturated rings. The maximum atomic E-state index is 13.8. The number of phosphoric acid groups is 2. The zero-order valence-electron chi connectivity index (χ0n) is 76.7. The van der Waals surface area contributed by atoms with Crippen LogP contribution in [0.3, 0.4) is 0 Å². The number of ether oxygens (including phenoxy) is 8. The summed E-state index contributed by atoms with van der Waals surface area (Å²) >= 11 is 0. The van der Waals surface area contributed by atoms with Gasteiger partial charge in [-0.1, -0.05) is 104 Å². The number of fused-ring (bicyclic) bond motifs is 22. The number of carbonyl (C=O) groups is 15. The molecule has 744 valence electrons. The van der Waals surface area contributed by atoms with Crippen LogP contribution in [0.15, 0.2) is 72.8 Å². The Morgan fingerprint density at radius 2 is 0.805 bits per heavy atom. The summed E-state index contributed by atoms with van der Waals surface area (Å²) in [6.45, 7) is 11.6. The number of alkyl carbamates (subject to hydrolysis) is 2. The van der Waals surface area contributed by atoms with Crippen LogP contribution in [0, 0.1) is 35.5 Å². The van der Waals surface area contributed by atoms with Gasteiger partial charge in [0.2, 0.25) is 53.2 Å². The molecule has 3 aromatic carbocycles. The lowest BCUT2D eigenvalue weighted by molar-refractivity contribution is -0.161. The zero-order valence-corrected chi connectivity index (χ0v) is 78.5. The van der Waals surface area contributed by atoms with Crippen molar-refractivity contribution >= 4 is 105 Å². The SMILES string of the molecule is CCCC(=O)OC[C@H](COP(=O)(O)OCCNC(=O)CCOC(=O)NCCCNC(=O)CNC(=O)[C@@H]1Cc2ccc(cc2)OCCC[C@H](C(=O)NO)[C@@H](CC(C)C)C(=O)N1)OC(=O)CCC.CCCC(=O)OC[C@H](COP(=O)(O)OCCNC(=O)CCOC(=O)NCc1ccc(CNC(=O)[C@@H]2Cc3ccc(cc3)OCCC[C@H](C(=O)NO)[C@@H](CC(C)C)C(=O)N2)cc1)OC(=O)CCC. The van der Waals surface area contributed by atoms with Crippen LogP contribution in [0.4, 0.5) is 9.59 Å². The van der Waals surface area contributed by atoms with E-state index in [9.17, 15) is 101 Å². The van der Waals surface area contributed by atoms with E-state index < -0.39 is 186 Å². The van der Waals surface area contributed by atoms with Crippen LogP contribution in [-0.2, 0) is 144 Å². The van der Waals surface area contributed by atoms with E-state index in [4.69, 9.17) is 56.0 Å². The van der Waals surface area contributed by atoms with E-state index in [0.717, 1.165) is 11.1 Å². The Morgan fingerprint density at radius 1 is 0.429 bits per heavy atom. The van der Waals surface area contributed by atoms with Gasteiger partial charge in [0.1, 0.15) is 50.0 Å². The van der Waals surface area contributed by atoms with Gasteiger partial charge in [0, 0.05) is 89.6 Å². The fraction of sp³-hybridized carbons (Fsp3) is 0.621. The average Bonchev–Trinajstić information content (AvgIpc) is 0.837. The standard InChI is InChI=1S/C45H66N5O16P.C42H67N6O17P/c1-5-8-40(52)63-28-35(66-41(53)9-6-2)29-65-67(59,60)64-23-20-46-39(51)19-22-62-45(57)48-27-33-13-11-32(12-14-33)26-47-44(56)38-25-31-15-17-34(18-16-31)61-21-7-10-36(43(55)50-58)37(24-30(3)4)42(54)49-38;1-5-9-37(51)62-26-31(65-38(52)10-6-2)27-64-66(58,59)63-22-19-44-35(49)16-21-61-42(56)45-18-8-17-43-36(50)25-46-41(55)34-24-29-12-14-30(15-13-29)60-20-7-11-32(40(54)48-57)33(23-28(3)4)39(53)47-34/h11-18,30,35-38,58H,5-10,19-29H2,1-4H3,(H,46,51)(H,47,56)(H,48,57)(H,49,54)(H,50,55)(H,59,60);12-15,28,31-34,57H,5-11,16-27H2,1-4H3,(H,43,50)(H,44,49)(H,45,56)(H,46,55)(H,47,53)(H,48,54)(H,58,59)/t35-,36+,37-,38+;31-,32+,33-,34+/m11/s1. The van der Waals surface area contributed by atoms with Gasteiger partial charge in [-0.05, 0) is 129 Å². The van der Waals surface area contributed by atoms with Gasteiger partial charge in [0.05, 0.1) is 70.9 Å². The smallest absolute Gasteiger partial charge is 0.472 e. The molecule has 2 unspecified atom stereocenters. The number of rotatable bonds is 52. The van der Waals surface area contributed by atoms with E-state index in [2.05, 4.69) is 47.9 Å². The Balaban J connectivity index is 0.000000556. The Bertz CT molecular complexity index is 4250. The van der Waals surface area contributed by atoms with Crippen molar-refractivity contribution in [1.82, 2.24) is 58.8 Å². The lowest BCUT2D eigenvalue weighted by Gasteiger charge is -2.29. The van der Waals surface area contributed by atoms with Crippen molar-refractivity contribution in [1.29, 1.82) is 0 Å². The van der Waals surface area contributed by atoms with Crippen molar-refractivity contribution in [3.63, 3.8) is 0 Å². The number of benzene rings is 3. The summed E-state index contributed by atoms with van der Waals surface area (Å²) in [4.78, 5) is 209. The first-order chi connectivity index (χ1) is 63.5. The lowest BCUT2D eigenvalue weighted by Crippen LogP contribution is -2.53. The molecule has 0 aliphatic carbocycles. The summed E-state index contributed by atoms with van der Waals surface area (Å²) in [7, 11) is -9.30. The molecule has 46 heteroatoms. The summed E-state index contributed by atoms with van der Waals surface area (Å²) in [6, 6.07) is 19.1. The molecule has 4 aliphatic heterocycles. The number of hydrogen-bond acceptors (Lipinski definition) is 31. The summed E-state index contributed by atoms with van der Waals surface area (Å²) in [5, 5.41) is 42.6. The van der Waals surface area contributed by atoms with E-state index in [1.165, 1.54) is 0 Å². The Labute approximate surface area is 773 Å². The summed E-state index contributed by atoms with van der Waals surface area (Å²) in [6.07, 6.45) is 0.756. The lowest BCUT2D eigenvalue weighted by atomic mass is 9.81. The first-order valence-electron chi connectivity index (χ1n) is 44.6. The topological polar surface area (TPSA) is 614 Å². The van der Waals surface area contributed by atoms with Gasteiger partial charge < -0.3 is 95.5 Å². The van der Waals surface area contributed by atoms with Gasteiger partial charge in [0.15, 0.2) is 12.2 Å². The van der Waals surface area contributed by atoms with Crippen LogP contribution < -0.4 is 68.3 Å². The number of hydrogen-bond donors (Lipinski definition) is 15. The molecule has 44 nitrogen and oxygen atoms in total. The van der Waals surface area contributed by atoms with E-state index >= 15 is 0 Å². The highest BCUT2D eigenvalue weighted by Crippen LogP contribution is 2.44. The number of amides is 11. The molecular formula is C87H133N11O33P2. The molecule has 0 saturated heterocycles. The van der Waals surface area contributed by atoms with Gasteiger partial charge >= 0.3 is 51.7 Å². The predicted octanol–water partition coefficient (Wildman–Crippen LogP) is 5.62. The molecule has 4 heterocycles. The van der Waals surface area contributed by atoms with Crippen LogP contribution in [-0.4, -0.2) is 233 Å². The Hall–Kier alpha value is -11.0. The van der Waals surface area contributed by atoms with Crippen molar-refractivity contribution in [2.45, 2.75) is 215 Å². The second-order valence-electron chi connectivity index (χ2n) is 31.9. The minimum absolute atomic E-state index is 0.00391. The third-order valence-electron chi connectivity index (χ3n) is 19.7. The quantitative estimate of drug-likeness (QED) is 0.00814. The van der Waals surface area contributed by atoms with Gasteiger partial charge in [-0.25, -0.2) is 29.7 Å². The molecule has 3 aromatic rings. The first kappa shape index (κ1) is 114.